The summed E-state index contributed by atoms with van der Waals surface area (Å²) in [4.78, 5) is 0.0442. The van der Waals surface area contributed by atoms with Crippen molar-refractivity contribution in [2.75, 3.05) is 11.3 Å². The third-order valence-corrected chi connectivity index (χ3v) is 4.75. The van der Waals surface area contributed by atoms with Gasteiger partial charge in [0.05, 0.1) is 12.8 Å². The first-order valence-electron chi connectivity index (χ1n) is 7.27. The van der Waals surface area contributed by atoms with Gasteiger partial charge in [0.1, 0.15) is 16.4 Å². The fourth-order valence-corrected chi connectivity index (χ4v) is 3.43. The summed E-state index contributed by atoms with van der Waals surface area (Å²) < 4.78 is 43.4. The van der Waals surface area contributed by atoms with Crippen molar-refractivity contribution in [3.05, 3.63) is 48.4 Å². The zero-order valence-corrected chi connectivity index (χ0v) is 14.0. The summed E-state index contributed by atoms with van der Waals surface area (Å²) >= 11 is 0. The molecule has 0 aliphatic rings. The SMILES string of the molecule is CCOc1ccc(NS(=O)(=O)c2cc(-c3ccno3)oc2C)cc1. The number of aryl methyl sites for hydroxylation is 1. The number of hydrogen-bond donors (Lipinski definition) is 1. The van der Waals surface area contributed by atoms with E-state index < -0.39 is 10.0 Å². The van der Waals surface area contributed by atoms with Crippen molar-refractivity contribution in [2.45, 2.75) is 18.7 Å². The number of anilines is 1. The van der Waals surface area contributed by atoms with Gasteiger partial charge in [0.25, 0.3) is 10.0 Å². The van der Waals surface area contributed by atoms with Gasteiger partial charge in [0.15, 0.2) is 5.76 Å². The molecule has 3 aromatic rings. The topological polar surface area (TPSA) is 94.6 Å². The van der Waals surface area contributed by atoms with Crippen LogP contribution in [0.4, 0.5) is 5.69 Å². The van der Waals surface area contributed by atoms with E-state index in [1.807, 2.05) is 6.92 Å². The highest BCUT2D eigenvalue weighted by Crippen LogP contribution is 2.29. The maximum Gasteiger partial charge on any atom is 0.265 e. The molecule has 1 aromatic carbocycles. The first-order valence-corrected chi connectivity index (χ1v) is 8.75. The number of furan rings is 1. The summed E-state index contributed by atoms with van der Waals surface area (Å²) in [5, 5.41) is 3.58. The van der Waals surface area contributed by atoms with Crippen molar-refractivity contribution in [2.24, 2.45) is 0 Å². The van der Waals surface area contributed by atoms with Gasteiger partial charge in [-0.2, -0.15) is 0 Å². The Morgan fingerprint density at radius 1 is 1.17 bits per heavy atom. The van der Waals surface area contributed by atoms with Crippen molar-refractivity contribution in [1.29, 1.82) is 0 Å². The Balaban J connectivity index is 1.85. The molecule has 0 saturated carbocycles. The maximum absolute atomic E-state index is 12.6. The lowest BCUT2D eigenvalue weighted by Crippen LogP contribution is -2.13. The molecule has 2 aromatic heterocycles. The molecule has 0 fully saturated rings. The predicted octanol–water partition coefficient (Wildman–Crippen LogP) is 3.44. The van der Waals surface area contributed by atoms with E-state index in [9.17, 15) is 8.42 Å². The first kappa shape index (κ1) is 16.1. The van der Waals surface area contributed by atoms with Crippen LogP contribution in [0.15, 0.2) is 56.4 Å². The van der Waals surface area contributed by atoms with Crippen LogP contribution < -0.4 is 9.46 Å². The molecule has 3 rings (SSSR count). The average Bonchev–Trinajstić information content (AvgIpc) is 3.18. The monoisotopic (exact) mass is 348 g/mol. The van der Waals surface area contributed by atoms with E-state index in [0.29, 0.717) is 29.6 Å². The minimum absolute atomic E-state index is 0.0442. The predicted molar refractivity (Wildman–Crippen MR) is 87.4 cm³/mol. The molecule has 0 radical (unpaired) electrons. The molecule has 7 nitrogen and oxygen atoms in total. The Bertz CT molecular complexity index is 912. The average molecular weight is 348 g/mol. The van der Waals surface area contributed by atoms with Crippen LogP contribution in [0.3, 0.4) is 0 Å². The summed E-state index contributed by atoms with van der Waals surface area (Å²) in [5.74, 6) is 1.60. The van der Waals surface area contributed by atoms with Crippen LogP contribution in [0.25, 0.3) is 11.5 Å². The van der Waals surface area contributed by atoms with Gasteiger partial charge >= 0.3 is 0 Å². The number of sulfonamides is 1. The van der Waals surface area contributed by atoms with Crippen molar-refractivity contribution < 1.29 is 22.1 Å². The van der Waals surface area contributed by atoms with Crippen molar-refractivity contribution >= 4 is 15.7 Å². The van der Waals surface area contributed by atoms with Gasteiger partial charge in [0.2, 0.25) is 5.76 Å². The van der Waals surface area contributed by atoms with E-state index in [4.69, 9.17) is 13.7 Å². The Morgan fingerprint density at radius 3 is 2.54 bits per heavy atom. The molecule has 0 unspecified atom stereocenters. The van der Waals surface area contributed by atoms with E-state index in [1.54, 1.807) is 37.3 Å². The molecule has 0 saturated heterocycles. The number of ether oxygens (including phenoxy) is 1. The highest BCUT2D eigenvalue weighted by Gasteiger charge is 2.23. The highest BCUT2D eigenvalue weighted by atomic mass is 32.2. The lowest BCUT2D eigenvalue weighted by Gasteiger charge is -2.08. The molecule has 126 valence electrons. The van der Waals surface area contributed by atoms with E-state index in [1.165, 1.54) is 12.3 Å². The number of nitrogens with zero attached hydrogens (tertiary/aromatic N) is 1. The standard InChI is InChI=1S/C16H16N2O5S/c1-3-21-13-6-4-12(5-7-13)18-24(19,20)16-10-15(22-11(16)2)14-8-9-17-23-14/h4-10,18H,3H2,1-2H3. The summed E-state index contributed by atoms with van der Waals surface area (Å²) in [6.07, 6.45) is 1.46. The first-order chi connectivity index (χ1) is 11.5. The lowest BCUT2D eigenvalue weighted by atomic mass is 10.3. The van der Waals surface area contributed by atoms with Crippen LogP contribution in [0.2, 0.25) is 0 Å². The lowest BCUT2D eigenvalue weighted by molar-refractivity contribution is 0.340. The molecular formula is C16H16N2O5S. The normalized spacial score (nSPS) is 11.4. The second-order valence-electron chi connectivity index (χ2n) is 4.97. The van der Waals surface area contributed by atoms with E-state index in [2.05, 4.69) is 9.88 Å². The Morgan fingerprint density at radius 2 is 1.92 bits per heavy atom. The van der Waals surface area contributed by atoms with Crippen molar-refractivity contribution in [3.8, 4) is 17.3 Å². The molecule has 24 heavy (non-hydrogen) atoms. The van der Waals surface area contributed by atoms with Crippen molar-refractivity contribution in [3.63, 3.8) is 0 Å². The van der Waals surface area contributed by atoms with Gasteiger partial charge in [-0.3, -0.25) is 4.72 Å². The highest BCUT2D eigenvalue weighted by molar-refractivity contribution is 7.92. The zero-order chi connectivity index (χ0) is 17.2. The van der Waals surface area contributed by atoms with E-state index in [-0.39, 0.29) is 10.7 Å². The second-order valence-corrected chi connectivity index (χ2v) is 6.62. The molecule has 0 bridgehead atoms. The number of aromatic nitrogens is 1. The fraction of sp³-hybridized carbons (Fsp3) is 0.188. The van der Waals surface area contributed by atoms with Crippen LogP contribution in [-0.4, -0.2) is 20.2 Å². The van der Waals surface area contributed by atoms with Gasteiger partial charge in [-0.15, -0.1) is 0 Å². The molecule has 0 aliphatic carbocycles. The Kier molecular flexibility index (Phi) is 4.30. The summed E-state index contributed by atoms with van der Waals surface area (Å²) in [5.41, 5.74) is 0.431. The third kappa shape index (κ3) is 3.28. The minimum Gasteiger partial charge on any atom is -0.494 e. The second kappa shape index (κ2) is 6.40. The molecular weight excluding hydrogens is 332 g/mol. The smallest absolute Gasteiger partial charge is 0.265 e. The largest absolute Gasteiger partial charge is 0.494 e. The molecule has 0 spiro atoms. The summed E-state index contributed by atoms with van der Waals surface area (Å²) in [7, 11) is -3.79. The van der Waals surface area contributed by atoms with Gasteiger partial charge in [-0.1, -0.05) is 5.16 Å². The Labute approximate surface area is 139 Å². The van der Waals surface area contributed by atoms with Gasteiger partial charge in [0, 0.05) is 17.8 Å². The van der Waals surface area contributed by atoms with E-state index >= 15 is 0 Å². The third-order valence-electron chi connectivity index (χ3n) is 3.26. The maximum atomic E-state index is 12.6. The van der Waals surface area contributed by atoms with Crippen LogP contribution in [0.5, 0.6) is 5.75 Å². The van der Waals surface area contributed by atoms with Crippen LogP contribution in [0, 0.1) is 6.92 Å². The van der Waals surface area contributed by atoms with Gasteiger partial charge in [-0.05, 0) is 38.1 Å². The van der Waals surface area contributed by atoms with E-state index in [0.717, 1.165) is 0 Å². The van der Waals surface area contributed by atoms with Crippen LogP contribution >= 0.6 is 0 Å². The molecule has 0 aliphatic heterocycles. The molecule has 8 heteroatoms. The van der Waals surface area contributed by atoms with Gasteiger partial charge < -0.3 is 13.7 Å². The summed E-state index contributed by atoms with van der Waals surface area (Å²) in [6.45, 7) is 4.00. The number of benzene rings is 1. The molecule has 0 amide bonds. The molecule has 2 heterocycles. The number of hydrogen-bond acceptors (Lipinski definition) is 6. The molecule has 0 atom stereocenters. The quantitative estimate of drug-likeness (QED) is 0.733. The Hall–Kier alpha value is -2.74. The number of nitrogens with one attached hydrogen (secondary N) is 1. The van der Waals surface area contributed by atoms with Crippen LogP contribution in [-0.2, 0) is 10.0 Å². The molecule has 1 N–H and O–H groups in total. The summed E-state index contributed by atoms with van der Waals surface area (Å²) in [6, 6.07) is 9.67. The number of rotatable bonds is 6. The van der Waals surface area contributed by atoms with Crippen molar-refractivity contribution in [1.82, 2.24) is 5.16 Å². The fourth-order valence-electron chi connectivity index (χ4n) is 2.19. The van der Waals surface area contributed by atoms with Crippen LogP contribution in [0.1, 0.15) is 12.7 Å². The zero-order valence-electron chi connectivity index (χ0n) is 13.1. The minimum atomic E-state index is -3.79. The van der Waals surface area contributed by atoms with Gasteiger partial charge in [-0.25, -0.2) is 8.42 Å².